The number of halogens is 1. The fraction of sp³-hybridized carbons (Fsp3) is 0.364. The molecule has 2 rings (SSSR count). The number of hydrogen-bond acceptors (Lipinski definition) is 2. The Hall–Kier alpha value is -1.38. The van der Waals surface area contributed by atoms with Crippen molar-refractivity contribution in [2.75, 3.05) is 0 Å². The molecule has 0 saturated carbocycles. The summed E-state index contributed by atoms with van der Waals surface area (Å²) in [6, 6.07) is 1.81. The number of benzene rings is 1. The Labute approximate surface area is 82.1 Å². The normalized spacial score (nSPS) is 14.1. The molecule has 14 heavy (non-hydrogen) atoms. The van der Waals surface area contributed by atoms with Gasteiger partial charge in [-0.3, -0.25) is 4.99 Å². The van der Waals surface area contributed by atoms with Crippen molar-refractivity contribution in [3.8, 4) is 5.75 Å². The number of aliphatic imine (C=N–C) groups is 1. The van der Waals surface area contributed by atoms with Gasteiger partial charge in [0.05, 0.1) is 6.54 Å². The van der Waals surface area contributed by atoms with E-state index in [9.17, 15) is 9.50 Å². The smallest absolute Gasteiger partial charge is 0.174 e. The second-order valence-electron chi connectivity index (χ2n) is 3.51. The molecular weight excluding hydrogens is 181 g/mol. The number of aryl methyl sites for hydroxylation is 1. The Morgan fingerprint density at radius 3 is 2.93 bits per heavy atom. The highest BCUT2D eigenvalue weighted by molar-refractivity contribution is 6.04. The van der Waals surface area contributed by atoms with Crippen molar-refractivity contribution in [2.45, 2.75) is 26.8 Å². The van der Waals surface area contributed by atoms with Crippen molar-refractivity contribution in [2.24, 2.45) is 4.99 Å². The zero-order valence-corrected chi connectivity index (χ0v) is 8.26. The lowest BCUT2D eigenvalue weighted by atomic mass is 10.0. The molecule has 0 radical (unpaired) electrons. The van der Waals surface area contributed by atoms with Gasteiger partial charge in [-0.1, -0.05) is 6.92 Å². The summed E-state index contributed by atoms with van der Waals surface area (Å²) in [4.78, 5) is 4.23. The van der Waals surface area contributed by atoms with Crippen LogP contribution in [-0.4, -0.2) is 10.8 Å². The molecule has 1 aliphatic heterocycles. The third-order valence-corrected chi connectivity index (χ3v) is 2.58. The zero-order chi connectivity index (χ0) is 10.3. The molecule has 0 fully saturated rings. The Morgan fingerprint density at radius 2 is 2.29 bits per heavy atom. The Kier molecular flexibility index (Phi) is 2.02. The van der Waals surface area contributed by atoms with E-state index >= 15 is 0 Å². The molecule has 1 N–H and O–H groups in total. The van der Waals surface area contributed by atoms with Crippen molar-refractivity contribution in [3.05, 3.63) is 28.6 Å². The van der Waals surface area contributed by atoms with Crippen LogP contribution in [0.4, 0.5) is 4.39 Å². The number of nitrogens with zero attached hydrogens (tertiary/aromatic N) is 1. The van der Waals surface area contributed by atoms with Crippen LogP contribution in [0.5, 0.6) is 5.75 Å². The summed E-state index contributed by atoms with van der Waals surface area (Å²) in [6.45, 7) is 4.17. The van der Waals surface area contributed by atoms with E-state index in [2.05, 4.69) is 4.99 Å². The molecule has 1 aromatic rings. The van der Waals surface area contributed by atoms with Crippen molar-refractivity contribution in [3.63, 3.8) is 0 Å². The quantitative estimate of drug-likeness (QED) is 0.730. The summed E-state index contributed by atoms with van der Waals surface area (Å²) in [5.74, 6) is -0.759. The van der Waals surface area contributed by atoms with E-state index in [1.54, 1.807) is 13.0 Å². The van der Waals surface area contributed by atoms with Crippen molar-refractivity contribution < 1.29 is 9.50 Å². The molecule has 0 aliphatic carbocycles. The molecule has 74 valence electrons. The van der Waals surface area contributed by atoms with E-state index in [1.807, 2.05) is 6.92 Å². The Morgan fingerprint density at radius 1 is 1.57 bits per heavy atom. The predicted octanol–water partition coefficient (Wildman–Crippen LogP) is 2.55. The van der Waals surface area contributed by atoms with E-state index in [-0.39, 0.29) is 5.75 Å². The minimum absolute atomic E-state index is 0.244. The first-order valence-electron chi connectivity index (χ1n) is 4.69. The van der Waals surface area contributed by atoms with Gasteiger partial charge in [0, 0.05) is 11.3 Å². The van der Waals surface area contributed by atoms with Gasteiger partial charge in [-0.15, -0.1) is 0 Å². The lowest BCUT2D eigenvalue weighted by Crippen LogP contribution is -2.01. The van der Waals surface area contributed by atoms with E-state index in [4.69, 9.17) is 0 Å². The summed E-state index contributed by atoms with van der Waals surface area (Å²) < 4.78 is 13.7. The van der Waals surface area contributed by atoms with Crippen LogP contribution < -0.4 is 0 Å². The lowest BCUT2D eigenvalue weighted by molar-refractivity contribution is 0.427. The number of rotatable bonds is 1. The van der Waals surface area contributed by atoms with Crippen molar-refractivity contribution in [1.82, 2.24) is 0 Å². The van der Waals surface area contributed by atoms with E-state index in [1.165, 1.54) is 0 Å². The van der Waals surface area contributed by atoms with Gasteiger partial charge >= 0.3 is 0 Å². The topological polar surface area (TPSA) is 32.6 Å². The fourth-order valence-electron chi connectivity index (χ4n) is 1.82. The van der Waals surface area contributed by atoms with E-state index in [0.717, 1.165) is 11.3 Å². The first-order chi connectivity index (χ1) is 6.65. The number of phenols is 1. The van der Waals surface area contributed by atoms with E-state index < -0.39 is 5.82 Å². The van der Waals surface area contributed by atoms with Crippen LogP contribution in [0, 0.1) is 12.7 Å². The molecule has 0 saturated heterocycles. The average Bonchev–Trinajstić information content (AvgIpc) is 2.57. The minimum Gasteiger partial charge on any atom is -0.505 e. The Balaban J connectivity index is 2.66. The average molecular weight is 193 g/mol. The Bertz CT molecular complexity index is 424. The van der Waals surface area contributed by atoms with Crippen LogP contribution in [0.25, 0.3) is 0 Å². The number of aromatic hydroxyl groups is 1. The molecule has 0 aromatic heterocycles. The molecular formula is C11H12FNO. The first-order valence-corrected chi connectivity index (χ1v) is 4.69. The van der Waals surface area contributed by atoms with Gasteiger partial charge < -0.3 is 5.11 Å². The van der Waals surface area contributed by atoms with Crippen LogP contribution in [0.15, 0.2) is 11.1 Å². The summed E-state index contributed by atoms with van der Waals surface area (Å²) >= 11 is 0. The van der Waals surface area contributed by atoms with Gasteiger partial charge in [-0.05, 0) is 30.5 Å². The first kappa shape index (κ1) is 9.19. The van der Waals surface area contributed by atoms with Crippen molar-refractivity contribution >= 4 is 5.71 Å². The molecule has 0 bridgehead atoms. The molecule has 1 heterocycles. The highest BCUT2D eigenvalue weighted by atomic mass is 19.1. The minimum atomic E-state index is -0.516. The maximum Gasteiger partial charge on any atom is 0.174 e. The highest BCUT2D eigenvalue weighted by Gasteiger charge is 2.22. The van der Waals surface area contributed by atoms with E-state index in [0.29, 0.717) is 24.1 Å². The molecule has 2 nitrogen and oxygen atoms in total. The lowest BCUT2D eigenvalue weighted by Gasteiger charge is -2.07. The van der Waals surface area contributed by atoms with Gasteiger partial charge in [-0.2, -0.15) is 0 Å². The molecule has 0 atom stereocenters. The van der Waals surface area contributed by atoms with Gasteiger partial charge in [0.25, 0.3) is 0 Å². The van der Waals surface area contributed by atoms with Gasteiger partial charge in [0.1, 0.15) is 0 Å². The summed E-state index contributed by atoms with van der Waals surface area (Å²) in [5, 5.41) is 9.45. The monoisotopic (exact) mass is 193 g/mol. The van der Waals surface area contributed by atoms with Gasteiger partial charge in [0.2, 0.25) is 0 Å². The van der Waals surface area contributed by atoms with Crippen LogP contribution in [0.2, 0.25) is 0 Å². The van der Waals surface area contributed by atoms with Gasteiger partial charge in [-0.25, -0.2) is 4.39 Å². The van der Waals surface area contributed by atoms with Crippen LogP contribution in [-0.2, 0) is 6.54 Å². The molecule has 0 spiro atoms. The van der Waals surface area contributed by atoms with Crippen molar-refractivity contribution in [1.29, 1.82) is 0 Å². The number of hydrogen-bond donors (Lipinski definition) is 1. The SMILES string of the molecule is CCC1=NCc2cc(C)c(O)c(F)c21. The third kappa shape index (κ3) is 1.12. The maximum atomic E-state index is 13.7. The van der Waals surface area contributed by atoms with Crippen LogP contribution >= 0.6 is 0 Å². The number of phenolic OH excluding ortho intramolecular Hbond substituents is 1. The molecule has 0 unspecified atom stereocenters. The highest BCUT2D eigenvalue weighted by Crippen LogP contribution is 2.31. The predicted molar refractivity (Wildman–Crippen MR) is 53.3 cm³/mol. The summed E-state index contributed by atoms with van der Waals surface area (Å²) in [5.41, 5.74) is 2.73. The molecule has 3 heteroatoms. The molecule has 1 aliphatic rings. The zero-order valence-electron chi connectivity index (χ0n) is 8.26. The summed E-state index contributed by atoms with van der Waals surface area (Å²) in [7, 11) is 0. The maximum absolute atomic E-state index is 13.7. The number of fused-ring (bicyclic) bond motifs is 1. The van der Waals surface area contributed by atoms with Crippen LogP contribution in [0.3, 0.4) is 0 Å². The molecule has 0 amide bonds. The fourth-order valence-corrected chi connectivity index (χ4v) is 1.82. The third-order valence-electron chi connectivity index (χ3n) is 2.58. The second-order valence-corrected chi connectivity index (χ2v) is 3.51. The standard InChI is InChI=1S/C11H12FNO/c1-3-8-9-7(5-13-8)4-6(2)11(14)10(9)12/h4,14H,3,5H2,1-2H3. The largest absolute Gasteiger partial charge is 0.505 e. The molecule has 1 aromatic carbocycles. The summed E-state index contributed by atoms with van der Waals surface area (Å²) in [6.07, 6.45) is 0.701. The van der Waals surface area contributed by atoms with Crippen LogP contribution in [0.1, 0.15) is 30.0 Å². The van der Waals surface area contributed by atoms with Gasteiger partial charge in [0.15, 0.2) is 11.6 Å². The second kappa shape index (κ2) is 3.08.